The molecule has 1 unspecified atom stereocenters. The molecule has 2 aliphatic rings. The van der Waals surface area contributed by atoms with Gasteiger partial charge in [-0.2, -0.15) is 5.26 Å². The van der Waals surface area contributed by atoms with Gasteiger partial charge in [0.15, 0.2) is 0 Å². The number of nitriles is 1. The Bertz CT molecular complexity index is 256. The lowest BCUT2D eigenvalue weighted by Gasteiger charge is -2.38. The SMILES string of the molecule is CCC1CCC(C#N)(C(O)C2CC2)CC1. The van der Waals surface area contributed by atoms with Gasteiger partial charge in [-0.3, -0.25) is 0 Å². The van der Waals surface area contributed by atoms with Crippen LogP contribution in [0.15, 0.2) is 0 Å². The Morgan fingerprint density at radius 2 is 1.93 bits per heavy atom. The third-order valence-electron chi connectivity index (χ3n) is 4.43. The van der Waals surface area contributed by atoms with Crippen molar-refractivity contribution in [3.8, 4) is 6.07 Å². The van der Waals surface area contributed by atoms with Crippen LogP contribution in [0.4, 0.5) is 0 Å². The lowest BCUT2D eigenvalue weighted by molar-refractivity contribution is 0.0104. The van der Waals surface area contributed by atoms with Gasteiger partial charge in [0.1, 0.15) is 0 Å². The Morgan fingerprint density at radius 3 is 2.33 bits per heavy atom. The molecule has 2 aliphatic carbocycles. The molecule has 0 saturated heterocycles. The van der Waals surface area contributed by atoms with Gasteiger partial charge in [-0.05, 0) is 50.4 Å². The molecular formula is C13H21NO. The van der Waals surface area contributed by atoms with Crippen LogP contribution in [0.3, 0.4) is 0 Å². The first-order chi connectivity index (χ1) is 7.22. The highest BCUT2D eigenvalue weighted by Crippen LogP contribution is 2.49. The monoisotopic (exact) mass is 207 g/mol. The molecule has 2 fully saturated rings. The second kappa shape index (κ2) is 4.14. The van der Waals surface area contributed by atoms with E-state index >= 15 is 0 Å². The molecule has 1 N–H and O–H groups in total. The molecule has 0 aromatic rings. The highest BCUT2D eigenvalue weighted by Gasteiger charge is 2.47. The summed E-state index contributed by atoms with van der Waals surface area (Å²) in [5.41, 5.74) is -0.396. The Morgan fingerprint density at radius 1 is 1.33 bits per heavy atom. The smallest absolute Gasteiger partial charge is 0.0835 e. The van der Waals surface area contributed by atoms with E-state index in [1.807, 2.05) is 0 Å². The zero-order valence-electron chi connectivity index (χ0n) is 9.58. The molecule has 0 aromatic heterocycles. The fraction of sp³-hybridized carbons (Fsp3) is 0.923. The standard InChI is InChI=1S/C13H21NO/c1-2-10-5-7-13(9-14,8-6-10)12(15)11-3-4-11/h10-12,15H,2-8H2,1H3. The molecule has 2 saturated carbocycles. The third-order valence-corrected chi connectivity index (χ3v) is 4.43. The van der Waals surface area contributed by atoms with Gasteiger partial charge < -0.3 is 5.11 Å². The van der Waals surface area contributed by atoms with Gasteiger partial charge in [0.05, 0.1) is 17.6 Å². The van der Waals surface area contributed by atoms with Crippen molar-refractivity contribution in [1.29, 1.82) is 5.26 Å². The summed E-state index contributed by atoms with van der Waals surface area (Å²) in [6, 6.07) is 2.43. The number of hydrogen-bond donors (Lipinski definition) is 1. The molecule has 2 rings (SSSR count). The molecule has 0 heterocycles. The van der Waals surface area contributed by atoms with E-state index in [4.69, 9.17) is 0 Å². The minimum atomic E-state index is -0.396. The first-order valence-corrected chi connectivity index (χ1v) is 6.31. The molecule has 0 bridgehead atoms. The topological polar surface area (TPSA) is 44.0 Å². The van der Waals surface area contributed by atoms with Crippen LogP contribution >= 0.6 is 0 Å². The lowest BCUT2D eigenvalue weighted by atomic mass is 9.66. The van der Waals surface area contributed by atoms with E-state index < -0.39 is 5.41 Å². The molecule has 0 radical (unpaired) electrons. The molecule has 1 atom stereocenters. The second-order valence-corrected chi connectivity index (χ2v) is 5.40. The summed E-state index contributed by atoms with van der Waals surface area (Å²) in [6.45, 7) is 2.22. The van der Waals surface area contributed by atoms with Crippen molar-refractivity contribution < 1.29 is 5.11 Å². The predicted octanol–water partition coefficient (Wildman–Crippen LogP) is 2.87. The van der Waals surface area contributed by atoms with Crippen molar-refractivity contribution in [1.82, 2.24) is 0 Å². The van der Waals surface area contributed by atoms with Gasteiger partial charge in [0.25, 0.3) is 0 Å². The molecule has 15 heavy (non-hydrogen) atoms. The minimum absolute atomic E-state index is 0.347. The van der Waals surface area contributed by atoms with Gasteiger partial charge >= 0.3 is 0 Å². The average molecular weight is 207 g/mol. The number of hydrogen-bond acceptors (Lipinski definition) is 2. The summed E-state index contributed by atoms with van der Waals surface area (Å²) < 4.78 is 0. The highest BCUT2D eigenvalue weighted by atomic mass is 16.3. The first-order valence-electron chi connectivity index (χ1n) is 6.31. The van der Waals surface area contributed by atoms with Crippen molar-refractivity contribution in [2.45, 2.75) is 58.0 Å². The Kier molecular flexibility index (Phi) is 3.02. The molecule has 2 nitrogen and oxygen atoms in total. The maximum absolute atomic E-state index is 10.2. The zero-order valence-corrected chi connectivity index (χ0v) is 9.58. The second-order valence-electron chi connectivity index (χ2n) is 5.40. The van der Waals surface area contributed by atoms with Crippen molar-refractivity contribution in [2.75, 3.05) is 0 Å². The van der Waals surface area contributed by atoms with Crippen LogP contribution in [-0.4, -0.2) is 11.2 Å². The number of aliphatic hydroxyl groups excluding tert-OH is 1. The van der Waals surface area contributed by atoms with E-state index in [0.717, 1.165) is 44.4 Å². The van der Waals surface area contributed by atoms with Crippen LogP contribution in [0.2, 0.25) is 0 Å². The van der Waals surface area contributed by atoms with Crippen LogP contribution < -0.4 is 0 Å². The Hall–Kier alpha value is -0.550. The van der Waals surface area contributed by atoms with E-state index in [1.54, 1.807) is 0 Å². The lowest BCUT2D eigenvalue weighted by Crippen LogP contribution is -2.39. The largest absolute Gasteiger partial charge is 0.391 e. The molecule has 0 spiro atoms. The first kappa shape index (κ1) is 11.0. The summed E-state index contributed by atoms with van der Waals surface area (Å²) in [5.74, 6) is 1.22. The summed E-state index contributed by atoms with van der Waals surface area (Å²) in [6.07, 6.45) is 7.23. The van der Waals surface area contributed by atoms with Crippen LogP contribution in [0.5, 0.6) is 0 Å². The molecule has 0 aliphatic heterocycles. The number of aliphatic hydroxyl groups is 1. The summed E-state index contributed by atoms with van der Waals surface area (Å²) in [5, 5.41) is 19.5. The van der Waals surface area contributed by atoms with Gasteiger partial charge in [-0.15, -0.1) is 0 Å². The predicted molar refractivity (Wildman–Crippen MR) is 59.0 cm³/mol. The molecule has 0 amide bonds. The zero-order chi connectivity index (χ0) is 10.9. The van der Waals surface area contributed by atoms with E-state index in [0.29, 0.717) is 5.92 Å². The van der Waals surface area contributed by atoms with Crippen LogP contribution in [0.25, 0.3) is 0 Å². The molecule has 2 heteroatoms. The summed E-state index contributed by atoms with van der Waals surface area (Å²) >= 11 is 0. The summed E-state index contributed by atoms with van der Waals surface area (Å²) in [4.78, 5) is 0. The van der Waals surface area contributed by atoms with E-state index in [2.05, 4.69) is 13.0 Å². The number of rotatable bonds is 3. The summed E-state index contributed by atoms with van der Waals surface area (Å²) in [7, 11) is 0. The van der Waals surface area contributed by atoms with Gasteiger partial charge in [-0.1, -0.05) is 13.3 Å². The van der Waals surface area contributed by atoms with Crippen molar-refractivity contribution >= 4 is 0 Å². The Balaban J connectivity index is 2.01. The maximum atomic E-state index is 10.2. The third kappa shape index (κ3) is 2.03. The van der Waals surface area contributed by atoms with E-state index in [-0.39, 0.29) is 6.10 Å². The average Bonchev–Trinajstić information content (AvgIpc) is 3.12. The van der Waals surface area contributed by atoms with Gasteiger partial charge in [-0.25, -0.2) is 0 Å². The van der Waals surface area contributed by atoms with Gasteiger partial charge in [0.2, 0.25) is 0 Å². The molecule has 0 aromatic carbocycles. The van der Waals surface area contributed by atoms with Crippen LogP contribution in [0, 0.1) is 28.6 Å². The minimum Gasteiger partial charge on any atom is -0.391 e. The highest BCUT2D eigenvalue weighted by molar-refractivity contribution is 5.09. The molecule has 84 valence electrons. The van der Waals surface area contributed by atoms with Gasteiger partial charge in [0, 0.05) is 0 Å². The Labute approximate surface area is 92.3 Å². The van der Waals surface area contributed by atoms with Crippen LogP contribution in [-0.2, 0) is 0 Å². The molecular weight excluding hydrogens is 186 g/mol. The van der Waals surface area contributed by atoms with Crippen molar-refractivity contribution in [2.24, 2.45) is 17.3 Å². The fourth-order valence-electron chi connectivity index (χ4n) is 2.94. The quantitative estimate of drug-likeness (QED) is 0.773. The normalized spacial score (nSPS) is 38.3. The van der Waals surface area contributed by atoms with Crippen molar-refractivity contribution in [3.63, 3.8) is 0 Å². The maximum Gasteiger partial charge on any atom is 0.0835 e. The fourth-order valence-corrected chi connectivity index (χ4v) is 2.94. The van der Waals surface area contributed by atoms with Crippen LogP contribution in [0.1, 0.15) is 51.9 Å². The van der Waals surface area contributed by atoms with E-state index in [1.165, 1.54) is 6.42 Å². The van der Waals surface area contributed by atoms with E-state index in [9.17, 15) is 10.4 Å². The number of nitrogens with zero attached hydrogens (tertiary/aromatic N) is 1. The van der Waals surface area contributed by atoms with Crippen molar-refractivity contribution in [3.05, 3.63) is 0 Å².